The van der Waals surface area contributed by atoms with E-state index in [4.69, 9.17) is 10.5 Å². The first-order valence-electron chi connectivity index (χ1n) is 6.83. The molecule has 0 saturated heterocycles. The van der Waals surface area contributed by atoms with Crippen molar-refractivity contribution in [3.8, 4) is 5.75 Å². The number of benzene rings is 2. The summed E-state index contributed by atoms with van der Waals surface area (Å²) in [5, 5.41) is 0. The lowest BCUT2D eigenvalue weighted by Crippen LogP contribution is -2.24. The maximum atomic E-state index is 6.07. The molecule has 0 bridgehead atoms. The van der Waals surface area contributed by atoms with Gasteiger partial charge in [0.2, 0.25) is 0 Å². The zero-order valence-electron chi connectivity index (χ0n) is 12.2. The Morgan fingerprint density at radius 1 is 1.15 bits per heavy atom. The predicted molar refractivity (Wildman–Crippen MR) is 83.9 cm³/mol. The van der Waals surface area contributed by atoms with E-state index in [2.05, 4.69) is 49.1 Å². The van der Waals surface area contributed by atoms with Gasteiger partial charge in [-0.15, -0.1) is 0 Å². The van der Waals surface area contributed by atoms with Gasteiger partial charge in [0, 0.05) is 29.4 Å². The molecule has 0 radical (unpaired) electrons. The number of nitrogen functional groups attached to an aromatic ring is 1. The van der Waals surface area contributed by atoms with Crippen molar-refractivity contribution in [2.75, 3.05) is 24.3 Å². The van der Waals surface area contributed by atoms with Crippen LogP contribution in [0.1, 0.15) is 19.4 Å². The molecule has 3 nitrogen and oxygen atoms in total. The van der Waals surface area contributed by atoms with E-state index in [9.17, 15) is 0 Å². The van der Waals surface area contributed by atoms with E-state index in [1.165, 1.54) is 16.9 Å². The van der Waals surface area contributed by atoms with E-state index >= 15 is 0 Å². The molecule has 0 amide bonds. The highest BCUT2D eigenvalue weighted by molar-refractivity contribution is 5.77. The predicted octanol–water partition coefficient (Wildman–Crippen LogP) is 3.71. The van der Waals surface area contributed by atoms with Crippen LogP contribution in [0.25, 0.3) is 0 Å². The van der Waals surface area contributed by atoms with Crippen molar-refractivity contribution in [3.05, 3.63) is 48.0 Å². The molecule has 104 valence electrons. The molecule has 0 atom stereocenters. The molecule has 2 aromatic rings. The summed E-state index contributed by atoms with van der Waals surface area (Å²) in [6, 6.07) is 14.5. The molecule has 0 unspecified atom stereocenters. The summed E-state index contributed by atoms with van der Waals surface area (Å²) < 4.78 is 5.37. The van der Waals surface area contributed by atoms with Crippen molar-refractivity contribution < 1.29 is 4.74 Å². The number of ether oxygens (including phenoxy) is 1. The van der Waals surface area contributed by atoms with Crippen LogP contribution in [0.15, 0.2) is 42.5 Å². The van der Waals surface area contributed by atoms with Crippen LogP contribution in [-0.4, -0.2) is 13.7 Å². The zero-order valence-corrected chi connectivity index (χ0v) is 12.2. The molecule has 1 heterocycles. The summed E-state index contributed by atoms with van der Waals surface area (Å²) in [7, 11) is 1.66. The highest BCUT2D eigenvalue weighted by atomic mass is 16.5. The molecule has 0 aromatic heterocycles. The van der Waals surface area contributed by atoms with Gasteiger partial charge in [-0.25, -0.2) is 0 Å². The molecule has 20 heavy (non-hydrogen) atoms. The van der Waals surface area contributed by atoms with Crippen LogP contribution in [-0.2, 0) is 5.41 Å². The van der Waals surface area contributed by atoms with Crippen molar-refractivity contribution in [1.29, 1.82) is 0 Å². The number of hydrogen-bond donors (Lipinski definition) is 1. The van der Waals surface area contributed by atoms with Crippen LogP contribution in [0.3, 0.4) is 0 Å². The molecular formula is C17H20N2O. The van der Waals surface area contributed by atoms with Gasteiger partial charge in [-0.1, -0.05) is 32.0 Å². The van der Waals surface area contributed by atoms with E-state index < -0.39 is 0 Å². The molecule has 0 aliphatic carbocycles. The summed E-state index contributed by atoms with van der Waals surface area (Å²) in [5.41, 5.74) is 10.5. The monoisotopic (exact) mass is 268 g/mol. The second-order valence-electron chi connectivity index (χ2n) is 5.92. The first-order chi connectivity index (χ1) is 9.53. The van der Waals surface area contributed by atoms with E-state index in [1.54, 1.807) is 7.11 Å². The molecule has 0 saturated carbocycles. The average molecular weight is 268 g/mol. The van der Waals surface area contributed by atoms with Crippen molar-refractivity contribution in [2.24, 2.45) is 0 Å². The lowest BCUT2D eigenvalue weighted by molar-refractivity contribution is 0.417. The Hall–Kier alpha value is -2.16. The minimum absolute atomic E-state index is 0.0750. The number of nitrogens with zero attached hydrogens (tertiary/aromatic N) is 1. The van der Waals surface area contributed by atoms with Crippen molar-refractivity contribution in [2.45, 2.75) is 19.3 Å². The normalized spacial score (nSPS) is 16.1. The second-order valence-corrected chi connectivity index (χ2v) is 5.92. The summed E-state index contributed by atoms with van der Waals surface area (Å²) in [6.07, 6.45) is 0. The summed E-state index contributed by atoms with van der Waals surface area (Å²) in [5.74, 6) is 0.738. The van der Waals surface area contributed by atoms with Gasteiger partial charge in [-0.2, -0.15) is 0 Å². The summed E-state index contributed by atoms with van der Waals surface area (Å²) >= 11 is 0. The summed E-state index contributed by atoms with van der Waals surface area (Å²) in [4.78, 5) is 2.33. The second kappa shape index (κ2) is 4.44. The molecule has 0 fully saturated rings. The SMILES string of the molecule is COc1cc2c(cc1N)C(C)(C)CN2c1ccccc1. The third-order valence-corrected chi connectivity index (χ3v) is 3.99. The van der Waals surface area contributed by atoms with E-state index in [0.717, 1.165) is 12.3 Å². The van der Waals surface area contributed by atoms with Crippen molar-refractivity contribution >= 4 is 17.1 Å². The fourth-order valence-corrected chi connectivity index (χ4v) is 2.93. The number of anilines is 3. The Kier molecular flexibility index (Phi) is 2.85. The lowest BCUT2D eigenvalue weighted by atomic mass is 9.86. The molecule has 2 N–H and O–H groups in total. The van der Waals surface area contributed by atoms with Gasteiger partial charge in [0.1, 0.15) is 5.75 Å². The van der Waals surface area contributed by atoms with E-state index in [0.29, 0.717) is 5.69 Å². The Morgan fingerprint density at radius 2 is 1.85 bits per heavy atom. The van der Waals surface area contributed by atoms with Gasteiger partial charge in [0.15, 0.2) is 0 Å². The maximum Gasteiger partial charge on any atom is 0.143 e. The third kappa shape index (κ3) is 1.90. The minimum atomic E-state index is 0.0750. The largest absolute Gasteiger partial charge is 0.495 e. The van der Waals surface area contributed by atoms with Crippen LogP contribution >= 0.6 is 0 Å². The lowest BCUT2D eigenvalue weighted by Gasteiger charge is -2.22. The van der Waals surface area contributed by atoms with E-state index in [1.807, 2.05) is 12.1 Å². The molecule has 1 aliphatic heterocycles. The van der Waals surface area contributed by atoms with Crippen LogP contribution in [0.2, 0.25) is 0 Å². The zero-order chi connectivity index (χ0) is 14.3. The number of nitrogens with two attached hydrogens (primary N) is 1. The fourth-order valence-electron chi connectivity index (χ4n) is 2.93. The van der Waals surface area contributed by atoms with Crippen LogP contribution in [0, 0.1) is 0 Å². The van der Waals surface area contributed by atoms with Gasteiger partial charge in [-0.05, 0) is 23.8 Å². The highest BCUT2D eigenvalue weighted by Gasteiger charge is 2.36. The van der Waals surface area contributed by atoms with Gasteiger partial charge in [0.05, 0.1) is 12.8 Å². The molecule has 0 spiro atoms. The maximum absolute atomic E-state index is 6.07. The average Bonchev–Trinajstić information content (AvgIpc) is 2.70. The Bertz CT molecular complexity index is 635. The van der Waals surface area contributed by atoms with Crippen molar-refractivity contribution in [3.63, 3.8) is 0 Å². The smallest absolute Gasteiger partial charge is 0.143 e. The number of fused-ring (bicyclic) bond motifs is 1. The molecule has 3 heteroatoms. The highest BCUT2D eigenvalue weighted by Crippen LogP contribution is 2.47. The quantitative estimate of drug-likeness (QED) is 0.844. The Balaban J connectivity index is 2.16. The van der Waals surface area contributed by atoms with Gasteiger partial charge < -0.3 is 15.4 Å². The minimum Gasteiger partial charge on any atom is -0.495 e. The van der Waals surface area contributed by atoms with Gasteiger partial charge in [-0.3, -0.25) is 0 Å². The molecule has 1 aliphatic rings. The topological polar surface area (TPSA) is 38.5 Å². The van der Waals surface area contributed by atoms with Crippen molar-refractivity contribution in [1.82, 2.24) is 0 Å². The third-order valence-electron chi connectivity index (χ3n) is 3.99. The first-order valence-corrected chi connectivity index (χ1v) is 6.83. The van der Waals surface area contributed by atoms with Gasteiger partial charge in [0.25, 0.3) is 0 Å². The van der Waals surface area contributed by atoms with Crippen LogP contribution < -0.4 is 15.4 Å². The molecule has 3 rings (SSSR count). The first kappa shape index (κ1) is 12.9. The summed E-state index contributed by atoms with van der Waals surface area (Å²) in [6.45, 7) is 5.44. The van der Waals surface area contributed by atoms with Crippen LogP contribution in [0.5, 0.6) is 5.75 Å². The number of methoxy groups -OCH3 is 1. The molecular weight excluding hydrogens is 248 g/mol. The number of hydrogen-bond acceptors (Lipinski definition) is 3. The standard InChI is InChI=1S/C17H20N2O/c1-17(2)11-19(12-7-5-4-6-8-12)15-10-16(20-3)14(18)9-13(15)17/h4-10H,11,18H2,1-3H3. The molecule has 2 aromatic carbocycles. The van der Waals surface area contributed by atoms with Gasteiger partial charge >= 0.3 is 0 Å². The Morgan fingerprint density at radius 3 is 2.50 bits per heavy atom. The van der Waals surface area contributed by atoms with Crippen LogP contribution in [0.4, 0.5) is 17.1 Å². The Labute approximate surface area is 120 Å². The number of para-hydroxylation sites is 1. The number of rotatable bonds is 2. The fraction of sp³-hybridized carbons (Fsp3) is 0.294. The van der Waals surface area contributed by atoms with E-state index in [-0.39, 0.29) is 5.41 Å².